The lowest BCUT2D eigenvalue weighted by molar-refractivity contribution is -0.142. The molecule has 0 bridgehead atoms. The molecule has 0 saturated heterocycles. The number of amides is 1. The van der Waals surface area contributed by atoms with E-state index in [-0.39, 0.29) is 12.5 Å². The Labute approximate surface area is 81.3 Å². The molecule has 0 aromatic heterocycles. The molecule has 0 rings (SSSR count). The smallest absolute Gasteiger partial charge is 0.323 e. The van der Waals surface area contributed by atoms with E-state index in [1.54, 1.807) is 0 Å². The molecule has 3 N–H and O–H groups in total. The van der Waals surface area contributed by atoms with Gasteiger partial charge in [-0.25, -0.2) is 0 Å². The van der Waals surface area contributed by atoms with Crippen LogP contribution in [0.25, 0.3) is 0 Å². The SMILES string of the molecule is CN(CC(=O)O)C(=O)CSCCN. The number of carbonyl (C=O) groups excluding carboxylic acids is 1. The minimum Gasteiger partial charge on any atom is -0.480 e. The maximum atomic E-state index is 11.2. The highest BCUT2D eigenvalue weighted by molar-refractivity contribution is 7.99. The van der Waals surface area contributed by atoms with Crippen molar-refractivity contribution in [3.05, 3.63) is 0 Å². The number of hydrogen-bond donors (Lipinski definition) is 2. The number of carboxylic acids is 1. The van der Waals surface area contributed by atoms with E-state index in [1.165, 1.54) is 23.7 Å². The lowest BCUT2D eigenvalue weighted by Crippen LogP contribution is -2.33. The lowest BCUT2D eigenvalue weighted by Gasteiger charge is -2.13. The molecule has 1 amide bonds. The molecule has 76 valence electrons. The molecule has 13 heavy (non-hydrogen) atoms. The predicted octanol–water partition coefficient (Wildman–Crippen LogP) is -0.779. The molecule has 0 saturated carbocycles. The highest BCUT2D eigenvalue weighted by Gasteiger charge is 2.10. The van der Waals surface area contributed by atoms with Gasteiger partial charge in [-0.1, -0.05) is 0 Å². The fraction of sp³-hybridized carbons (Fsp3) is 0.714. The topological polar surface area (TPSA) is 83.6 Å². The van der Waals surface area contributed by atoms with Crippen LogP contribution in [0, 0.1) is 0 Å². The number of thioether (sulfide) groups is 1. The summed E-state index contributed by atoms with van der Waals surface area (Å²) in [5.74, 6) is -0.172. The highest BCUT2D eigenvalue weighted by Crippen LogP contribution is 1.99. The van der Waals surface area contributed by atoms with Crippen molar-refractivity contribution in [1.29, 1.82) is 0 Å². The molecule has 0 fully saturated rings. The summed E-state index contributed by atoms with van der Waals surface area (Å²) in [5, 5.41) is 8.38. The third-order valence-electron chi connectivity index (χ3n) is 1.29. The Morgan fingerprint density at radius 3 is 2.62 bits per heavy atom. The van der Waals surface area contributed by atoms with Crippen LogP contribution >= 0.6 is 11.8 Å². The Hall–Kier alpha value is -0.750. The van der Waals surface area contributed by atoms with Gasteiger partial charge in [0.05, 0.1) is 5.75 Å². The van der Waals surface area contributed by atoms with Crippen molar-refractivity contribution in [2.75, 3.05) is 31.6 Å². The zero-order valence-corrected chi connectivity index (χ0v) is 8.34. The number of carboxylic acid groups (broad SMARTS) is 1. The van der Waals surface area contributed by atoms with Gasteiger partial charge in [-0.2, -0.15) is 11.8 Å². The Morgan fingerprint density at radius 2 is 2.15 bits per heavy atom. The molecule has 0 unspecified atom stereocenters. The van der Waals surface area contributed by atoms with E-state index in [4.69, 9.17) is 10.8 Å². The summed E-state index contributed by atoms with van der Waals surface area (Å²) in [6.45, 7) is 0.280. The van der Waals surface area contributed by atoms with E-state index in [0.29, 0.717) is 18.1 Å². The number of aliphatic carboxylic acids is 1. The van der Waals surface area contributed by atoms with Crippen LogP contribution in [0.4, 0.5) is 0 Å². The molecule has 5 nitrogen and oxygen atoms in total. The zero-order valence-electron chi connectivity index (χ0n) is 7.52. The molecular weight excluding hydrogens is 192 g/mol. The van der Waals surface area contributed by atoms with Crippen LogP contribution in [0.1, 0.15) is 0 Å². The first-order chi connectivity index (χ1) is 6.07. The summed E-state index contributed by atoms with van der Waals surface area (Å²) in [6, 6.07) is 0. The van der Waals surface area contributed by atoms with E-state index in [1.807, 2.05) is 0 Å². The lowest BCUT2D eigenvalue weighted by atomic mass is 10.5. The summed E-state index contributed by atoms with van der Waals surface area (Å²) in [5.41, 5.74) is 5.23. The van der Waals surface area contributed by atoms with Crippen LogP contribution in [0.3, 0.4) is 0 Å². The summed E-state index contributed by atoms with van der Waals surface area (Å²) >= 11 is 1.41. The van der Waals surface area contributed by atoms with Gasteiger partial charge >= 0.3 is 5.97 Å². The van der Waals surface area contributed by atoms with Crippen molar-refractivity contribution in [1.82, 2.24) is 4.90 Å². The fourth-order valence-electron chi connectivity index (χ4n) is 0.644. The quantitative estimate of drug-likeness (QED) is 0.557. The van der Waals surface area contributed by atoms with Crippen molar-refractivity contribution in [3.63, 3.8) is 0 Å². The summed E-state index contributed by atoms with van der Waals surface area (Å²) in [6.07, 6.45) is 0. The molecule has 0 aliphatic carbocycles. The molecule has 0 radical (unpaired) electrons. The molecule has 0 aliphatic heterocycles. The summed E-state index contributed by atoms with van der Waals surface area (Å²) in [7, 11) is 1.47. The van der Waals surface area contributed by atoms with Crippen molar-refractivity contribution in [2.24, 2.45) is 5.73 Å². The van der Waals surface area contributed by atoms with Crippen LogP contribution in [-0.4, -0.2) is 53.5 Å². The first-order valence-corrected chi connectivity index (χ1v) is 4.97. The van der Waals surface area contributed by atoms with Gasteiger partial charge in [0.25, 0.3) is 0 Å². The van der Waals surface area contributed by atoms with Gasteiger partial charge < -0.3 is 15.7 Å². The molecule has 0 aromatic rings. The highest BCUT2D eigenvalue weighted by atomic mass is 32.2. The normalized spacial score (nSPS) is 9.69. The maximum absolute atomic E-state index is 11.2. The summed E-state index contributed by atoms with van der Waals surface area (Å²) < 4.78 is 0. The minimum atomic E-state index is -1.00. The molecule has 0 heterocycles. The number of nitrogens with zero attached hydrogens (tertiary/aromatic N) is 1. The van der Waals surface area contributed by atoms with E-state index in [2.05, 4.69) is 0 Å². The van der Waals surface area contributed by atoms with E-state index < -0.39 is 5.97 Å². The molecule has 0 aliphatic rings. The van der Waals surface area contributed by atoms with Gasteiger partial charge in [-0.15, -0.1) is 0 Å². The minimum absolute atomic E-state index is 0.180. The second-order valence-electron chi connectivity index (χ2n) is 2.48. The number of hydrogen-bond acceptors (Lipinski definition) is 4. The van der Waals surface area contributed by atoms with E-state index in [0.717, 1.165) is 0 Å². The molecule has 6 heteroatoms. The molecule has 0 aromatic carbocycles. The van der Waals surface area contributed by atoms with Crippen molar-refractivity contribution < 1.29 is 14.7 Å². The monoisotopic (exact) mass is 206 g/mol. The largest absolute Gasteiger partial charge is 0.480 e. The Kier molecular flexibility index (Phi) is 6.34. The average Bonchev–Trinajstić information content (AvgIpc) is 2.03. The Bertz CT molecular complexity index is 187. The van der Waals surface area contributed by atoms with Gasteiger partial charge in [-0.05, 0) is 0 Å². The van der Waals surface area contributed by atoms with Crippen molar-refractivity contribution >= 4 is 23.6 Å². The second kappa shape index (κ2) is 6.73. The molecule has 0 spiro atoms. The zero-order chi connectivity index (χ0) is 10.3. The van der Waals surface area contributed by atoms with Crippen LogP contribution in [0.2, 0.25) is 0 Å². The Morgan fingerprint density at radius 1 is 1.54 bits per heavy atom. The first-order valence-electron chi connectivity index (χ1n) is 3.81. The predicted molar refractivity (Wildman–Crippen MR) is 51.7 cm³/mol. The third-order valence-corrected chi connectivity index (χ3v) is 2.26. The van der Waals surface area contributed by atoms with Crippen molar-refractivity contribution in [3.8, 4) is 0 Å². The van der Waals surface area contributed by atoms with Gasteiger partial charge in [0.15, 0.2) is 0 Å². The second-order valence-corrected chi connectivity index (χ2v) is 3.59. The van der Waals surface area contributed by atoms with Gasteiger partial charge in [0, 0.05) is 19.3 Å². The number of carbonyl (C=O) groups is 2. The first kappa shape index (κ1) is 12.2. The standard InChI is InChI=1S/C7H14N2O3S/c1-9(4-7(11)12)6(10)5-13-3-2-8/h2-5,8H2,1H3,(H,11,12). The molecule has 0 atom stereocenters. The average molecular weight is 206 g/mol. The van der Waals surface area contributed by atoms with Crippen LogP contribution < -0.4 is 5.73 Å². The Balaban J connectivity index is 3.63. The fourth-order valence-corrected chi connectivity index (χ4v) is 1.35. The maximum Gasteiger partial charge on any atom is 0.323 e. The van der Waals surface area contributed by atoms with E-state index in [9.17, 15) is 9.59 Å². The number of nitrogens with two attached hydrogens (primary N) is 1. The van der Waals surface area contributed by atoms with Crippen LogP contribution in [0.5, 0.6) is 0 Å². The number of likely N-dealkylation sites (N-methyl/N-ethyl adjacent to an activating group) is 1. The van der Waals surface area contributed by atoms with Crippen LogP contribution in [0.15, 0.2) is 0 Å². The van der Waals surface area contributed by atoms with E-state index >= 15 is 0 Å². The third kappa shape index (κ3) is 6.41. The van der Waals surface area contributed by atoms with Gasteiger partial charge in [-0.3, -0.25) is 9.59 Å². The van der Waals surface area contributed by atoms with Gasteiger partial charge in [0.2, 0.25) is 5.91 Å². The molecular formula is C7H14N2O3S. The number of rotatable bonds is 6. The van der Waals surface area contributed by atoms with Gasteiger partial charge in [0.1, 0.15) is 6.54 Å². The van der Waals surface area contributed by atoms with Crippen LogP contribution in [-0.2, 0) is 9.59 Å². The van der Waals surface area contributed by atoms with Crippen molar-refractivity contribution in [2.45, 2.75) is 0 Å². The summed E-state index contributed by atoms with van der Waals surface area (Å²) in [4.78, 5) is 22.6.